The summed E-state index contributed by atoms with van der Waals surface area (Å²) in [5.41, 5.74) is 1.71. The summed E-state index contributed by atoms with van der Waals surface area (Å²) in [6, 6.07) is 12.7. The molecule has 4 rings (SSSR count). The fourth-order valence-corrected chi connectivity index (χ4v) is 4.45. The van der Waals surface area contributed by atoms with Gasteiger partial charge in [0.25, 0.3) is 0 Å². The minimum atomic E-state index is -4.56. The minimum Gasteiger partial charge on any atom is -0.404 e. The molecule has 0 amide bonds. The van der Waals surface area contributed by atoms with Gasteiger partial charge < -0.3 is 4.52 Å². The Labute approximate surface area is 150 Å². The maximum absolute atomic E-state index is 10.9. The SMILES string of the molecule is O=P(O)(O)Oc1ccc2nc(C=Cc3nc4ccccc4s3)sc2c1. The van der Waals surface area contributed by atoms with Crippen molar-refractivity contribution in [2.24, 2.45) is 0 Å². The van der Waals surface area contributed by atoms with Crippen molar-refractivity contribution in [3.05, 3.63) is 52.5 Å². The summed E-state index contributed by atoms with van der Waals surface area (Å²) in [6.45, 7) is 0. The third-order valence-electron chi connectivity index (χ3n) is 3.28. The Morgan fingerprint density at radius 3 is 2.24 bits per heavy atom. The van der Waals surface area contributed by atoms with Crippen LogP contribution in [0, 0.1) is 0 Å². The number of thiazole rings is 2. The van der Waals surface area contributed by atoms with Crippen LogP contribution in [0.4, 0.5) is 0 Å². The van der Waals surface area contributed by atoms with Gasteiger partial charge in [0.15, 0.2) is 0 Å². The zero-order valence-electron chi connectivity index (χ0n) is 12.6. The monoisotopic (exact) mass is 390 g/mol. The number of hydrogen-bond donors (Lipinski definition) is 2. The van der Waals surface area contributed by atoms with E-state index in [-0.39, 0.29) is 5.75 Å². The molecule has 2 aromatic heterocycles. The van der Waals surface area contributed by atoms with E-state index in [0.717, 1.165) is 30.4 Å². The number of phosphoric acid groups is 1. The van der Waals surface area contributed by atoms with Gasteiger partial charge in [-0.1, -0.05) is 12.1 Å². The zero-order valence-corrected chi connectivity index (χ0v) is 15.1. The number of benzene rings is 2. The Morgan fingerprint density at radius 2 is 1.56 bits per heavy atom. The fourth-order valence-electron chi connectivity index (χ4n) is 2.29. The highest BCUT2D eigenvalue weighted by Crippen LogP contribution is 2.39. The van der Waals surface area contributed by atoms with Gasteiger partial charge in [-0.25, -0.2) is 14.5 Å². The van der Waals surface area contributed by atoms with Crippen LogP contribution < -0.4 is 4.52 Å². The highest BCUT2D eigenvalue weighted by molar-refractivity contribution is 7.46. The molecular formula is C16H11N2O4PS2. The largest absolute Gasteiger partial charge is 0.524 e. The number of hydrogen-bond acceptors (Lipinski definition) is 6. The van der Waals surface area contributed by atoms with Crippen LogP contribution in [0.25, 0.3) is 32.6 Å². The van der Waals surface area contributed by atoms with Crippen LogP contribution in [0.5, 0.6) is 5.75 Å². The average Bonchev–Trinajstić information content (AvgIpc) is 3.13. The van der Waals surface area contributed by atoms with Crippen molar-refractivity contribution in [1.82, 2.24) is 9.97 Å². The van der Waals surface area contributed by atoms with Gasteiger partial charge in [-0.05, 0) is 36.4 Å². The molecule has 0 saturated carbocycles. The Morgan fingerprint density at radius 1 is 0.920 bits per heavy atom. The van der Waals surface area contributed by atoms with Gasteiger partial charge in [0, 0.05) is 6.07 Å². The summed E-state index contributed by atoms with van der Waals surface area (Å²) in [5.74, 6) is 0.117. The van der Waals surface area contributed by atoms with E-state index in [1.54, 1.807) is 23.5 Å². The van der Waals surface area contributed by atoms with Crippen LogP contribution in [-0.2, 0) is 4.57 Å². The number of fused-ring (bicyclic) bond motifs is 2. The van der Waals surface area contributed by atoms with E-state index in [1.165, 1.54) is 17.4 Å². The van der Waals surface area contributed by atoms with Gasteiger partial charge in [-0.2, -0.15) is 0 Å². The molecule has 0 aliphatic rings. The van der Waals surface area contributed by atoms with E-state index in [9.17, 15) is 4.57 Å². The zero-order chi connectivity index (χ0) is 17.4. The van der Waals surface area contributed by atoms with Crippen molar-refractivity contribution in [2.45, 2.75) is 0 Å². The number of aromatic nitrogens is 2. The third kappa shape index (κ3) is 3.78. The van der Waals surface area contributed by atoms with E-state index in [1.807, 2.05) is 36.4 Å². The highest BCUT2D eigenvalue weighted by Gasteiger charge is 2.16. The Bertz CT molecular complexity index is 1110. The maximum atomic E-state index is 10.9. The molecule has 0 fully saturated rings. The second kappa shape index (κ2) is 6.33. The van der Waals surface area contributed by atoms with Crippen molar-refractivity contribution in [3.8, 4) is 5.75 Å². The minimum absolute atomic E-state index is 0.117. The molecule has 2 aromatic carbocycles. The predicted molar refractivity (Wildman–Crippen MR) is 101 cm³/mol. The van der Waals surface area contributed by atoms with Crippen molar-refractivity contribution in [3.63, 3.8) is 0 Å². The smallest absolute Gasteiger partial charge is 0.404 e. The van der Waals surface area contributed by atoms with Gasteiger partial charge in [-0.3, -0.25) is 9.79 Å². The maximum Gasteiger partial charge on any atom is 0.524 e. The van der Waals surface area contributed by atoms with Crippen molar-refractivity contribution < 1.29 is 18.9 Å². The van der Waals surface area contributed by atoms with Crippen LogP contribution in [-0.4, -0.2) is 19.8 Å². The van der Waals surface area contributed by atoms with Crippen molar-refractivity contribution >= 4 is 63.1 Å². The first-order valence-corrected chi connectivity index (χ1v) is 10.3. The lowest BCUT2D eigenvalue weighted by molar-refractivity contribution is 0.283. The van der Waals surface area contributed by atoms with Gasteiger partial charge in [-0.15, -0.1) is 22.7 Å². The Balaban J connectivity index is 1.61. The van der Waals surface area contributed by atoms with E-state index in [4.69, 9.17) is 9.79 Å². The first-order chi connectivity index (χ1) is 12.0. The Hall–Kier alpha value is -2.09. The Kier molecular flexibility index (Phi) is 4.15. The molecule has 4 aromatic rings. The molecule has 6 nitrogen and oxygen atoms in total. The van der Waals surface area contributed by atoms with Crippen molar-refractivity contribution in [1.29, 1.82) is 0 Å². The van der Waals surface area contributed by atoms with E-state index < -0.39 is 7.82 Å². The lowest BCUT2D eigenvalue weighted by Gasteiger charge is -2.05. The second-order valence-electron chi connectivity index (χ2n) is 5.12. The first kappa shape index (κ1) is 16.4. The van der Waals surface area contributed by atoms with Crippen LogP contribution in [0.3, 0.4) is 0 Å². The number of rotatable bonds is 4. The summed E-state index contributed by atoms with van der Waals surface area (Å²) in [4.78, 5) is 26.8. The average molecular weight is 390 g/mol. The quantitative estimate of drug-likeness (QED) is 0.497. The van der Waals surface area contributed by atoms with Gasteiger partial charge in [0.2, 0.25) is 0 Å². The third-order valence-corrected chi connectivity index (χ3v) is 5.71. The predicted octanol–water partition coefficient (Wildman–Crippen LogP) is 4.55. The number of nitrogens with zero attached hydrogens (tertiary/aromatic N) is 2. The molecular weight excluding hydrogens is 379 g/mol. The molecule has 0 spiro atoms. The fraction of sp³-hybridized carbons (Fsp3) is 0. The molecule has 0 aliphatic heterocycles. The molecule has 9 heteroatoms. The molecule has 126 valence electrons. The number of para-hydroxylation sites is 1. The van der Waals surface area contributed by atoms with E-state index in [0.29, 0.717) is 0 Å². The molecule has 0 unspecified atom stereocenters. The summed E-state index contributed by atoms with van der Waals surface area (Å²) in [6.07, 6.45) is 3.79. The molecule has 0 radical (unpaired) electrons. The molecule has 2 heterocycles. The van der Waals surface area contributed by atoms with Crippen LogP contribution in [0.1, 0.15) is 10.0 Å². The van der Waals surface area contributed by atoms with Crippen molar-refractivity contribution in [2.75, 3.05) is 0 Å². The topological polar surface area (TPSA) is 92.5 Å². The van der Waals surface area contributed by atoms with Gasteiger partial charge in [0.1, 0.15) is 15.8 Å². The standard InChI is InChI=1S/C16H11N2O4PS2/c19-23(20,21)22-10-5-6-12-14(9-10)25-16(18-12)8-7-15-17-11-3-1-2-4-13(11)24-15/h1-9H,(H2,19,20,21). The van der Waals surface area contributed by atoms with Crippen LogP contribution >= 0.6 is 30.5 Å². The molecule has 0 aliphatic carbocycles. The van der Waals surface area contributed by atoms with Crippen LogP contribution in [0.2, 0.25) is 0 Å². The van der Waals surface area contributed by atoms with E-state index in [2.05, 4.69) is 14.5 Å². The summed E-state index contributed by atoms with van der Waals surface area (Å²) in [5, 5.41) is 1.67. The molecule has 25 heavy (non-hydrogen) atoms. The van der Waals surface area contributed by atoms with Crippen LogP contribution in [0.15, 0.2) is 42.5 Å². The van der Waals surface area contributed by atoms with E-state index >= 15 is 0 Å². The van der Waals surface area contributed by atoms with Gasteiger partial charge >= 0.3 is 7.82 Å². The normalized spacial score (nSPS) is 12.4. The molecule has 0 saturated heterocycles. The summed E-state index contributed by atoms with van der Waals surface area (Å²) in [7, 11) is -4.56. The van der Waals surface area contributed by atoms with Gasteiger partial charge in [0.05, 0.1) is 20.4 Å². The first-order valence-electron chi connectivity index (χ1n) is 7.16. The number of phosphoric ester groups is 1. The second-order valence-corrected chi connectivity index (χ2v) is 8.40. The summed E-state index contributed by atoms with van der Waals surface area (Å²) >= 11 is 3.01. The highest BCUT2D eigenvalue weighted by atomic mass is 32.1. The summed E-state index contributed by atoms with van der Waals surface area (Å²) < 4.78 is 17.4. The molecule has 2 N–H and O–H groups in total. The molecule has 0 bridgehead atoms. The lowest BCUT2D eigenvalue weighted by atomic mass is 10.3. The lowest BCUT2D eigenvalue weighted by Crippen LogP contribution is -1.89. The molecule has 0 atom stereocenters.